The Morgan fingerprint density at radius 1 is 1.03 bits per heavy atom. The minimum absolute atomic E-state index is 0.0412. The minimum atomic E-state index is -0.706. The highest BCUT2D eigenvalue weighted by atomic mass is 19.1. The van der Waals surface area contributed by atoms with Crippen molar-refractivity contribution in [2.75, 3.05) is 24.5 Å². The Balaban J connectivity index is 1.76. The molecule has 4 aromatic rings. The van der Waals surface area contributed by atoms with Crippen molar-refractivity contribution in [1.29, 1.82) is 0 Å². The van der Waals surface area contributed by atoms with Gasteiger partial charge in [0.1, 0.15) is 17.3 Å². The number of nitrogens with one attached hydrogen (secondary N) is 1. The molecule has 0 aliphatic carbocycles. The van der Waals surface area contributed by atoms with Crippen LogP contribution < -0.4 is 15.2 Å². The number of pyridine rings is 1. The molecule has 29 heavy (non-hydrogen) atoms. The number of halogens is 2. The Kier molecular flexibility index (Phi) is 4.80. The quantitative estimate of drug-likeness (QED) is 0.484. The van der Waals surface area contributed by atoms with Gasteiger partial charge in [0, 0.05) is 63.0 Å². The maximum atomic E-state index is 13.4. The third kappa shape index (κ3) is 3.71. The summed E-state index contributed by atoms with van der Waals surface area (Å²) in [4.78, 5) is 11.9. The zero-order valence-electron chi connectivity index (χ0n) is 16.3. The van der Waals surface area contributed by atoms with Crippen LogP contribution in [0.1, 0.15) is 0 Å². The fourth-order valence-electron chi connectivity index (χ4n) is 3.26. The first-order valence-corrected chi connectivity index (χ1v) is 9.03. The van der Waals surface area contributed by atoms with Gasteiger partial charge in [-0.15, -0.1) is 0 Å². The number of rotatable bonds is 5. The number of hydrogen-bond acceptors (Lipinski definition) is 4. The van der Waals surface area contributed by atoms with Crippen LogP contribution in [0, 0.1) is 11.6 Å². The molecule has 0 aliphatic heterocycles. The van der Waals surface area contributed by atoms with Gasteiger partial charge in [-0.05, 0) is 23.8 Å². The van der Waals surface area contributed by atoms with Crippen molar-refractivity contribution in [3.8, 4) is 16.9 Å². The largest absolute Gasteiger partial charge is 0.382 e. The molecule has 1 N–H and O–H groups in total. The number of aryl methyl sites for hydroxylation is 1. The fourth-order valence-corrected chi connectivity index (χ4v) is 3.26. The van der Waals surface area contributed by atoms with E-state index in [4.69, 9.17) is 4.84 Å². The summed E-state index contributed by atoms with van der Waals surface area (Å²) in [7, 11) is 5.90. The van der Waals surface area contributed by atoms with Crippen LogP contribution in [0.5, 0.6) is 5.75 Å². The molecule has 0 saturated heterocycles. The van der Waals surface area contributed by atoms with E-state index in [1.165, 1.54) is 0 Å². The summed E-state index contributed by atoms with van der Waals surface area (Å²) in [6.45, 7) is 0. The summed E-state index contributed by atoms with van der Waals surface area (Å²) in [5.74, 6) is -1.37. The van der Waals surface area contributed by atoms with Gasteiger partial charge in [0.2, 0.25) is 0 Å². The third-order valence-corrected chi connectivity index (χ3v) is 4.65. The first-order chi connectivity index (χ1) is 13.9. The van der Waals surface area contributed by atoms with Crippen LogP contribution in [-0.4, -0.2) is 23.6 Å². The zero-order chi connectivity index (χ0) is 20.5. The molecule has 2 heterocycles. The first-order valence-electron chi connectivity index (χ1n) is 9.03. The topological polar surface area (TPSA) is 42.3 Å². The highest BCUT2D eigenvalue weighted by molar-refractivity contribution is 6.02. The van der Waals surface area contributed by atoms with Gasteiger partial charge in [0.05, 0.1) is 11.1 Å². The minimum Gasteiger partial charge on any atom is -0.382 e. The summed E-state index contributed by atoms with van der Waals surface area (Å²) in [5.41, 5.74) is 7.29. The standard InChI is InChI=1S/C22H20F2N4O/c1-27(2)17-6-4-5-14(9-17)19-13-28(3)22-21(19)20(7-8-25-22)26-29-18-11-15(23)10-16(24)12-18/h4-13H,1-3H3,(H,25,26). The molecule has 148 valence electrons. The maximum Gasteiger partial charge on any atom is 0.160 e. The van der Waals surface area contributed by atoms with E-state index in [9.17, 15) is 8.78 Å². The van der Waals surface area contributed by atoms with E-state index in [0.29, 0.717) is 5.69 Å². The lowest BCUT2D eigenvalue weighted by atomic mass is 10.0. The van der Waals surface area contributed by atoms with E-state index in [2.05, 4.69) is 16.5 Å². The summed E-state index contributed by atoms with van der Waals surface area (Å²) >= 11 is 0. The van der Waals surface area contributed by atoms with Crippen molar-refractivity contribution in [2.45, 2.75) is 0 Å². The number of benzene rings is 2. The van der Waals surface area contributed by atoms with Gasteiger partial charge in [0.15, 0.2) is 5.75 Å². The normalized spacial score (nSPS) is 10.9. The number of fused-ring (bicyclic) bond motifs is 1. The second-order valence-electron chi connectivity index (χ2n) is 6.96. The fraction of sp³-hybridized carbons (Fsp3) is 0.136. The Bertz CT molecular complexity index is 1170. The summed E-state index contributed by atoms with van der Waals surface area (Å²) in [6.07, 6.45) is 3.65. The average molecular weight is 394 g/mol. The molecular weight excluding hydrogens is 374 g/mol. The highest BCUT2D eigenvalue weighted by Gasteiger charge is 2.15. The Hall–Kier alpha value is -3.61. The van der Waals surface area contributed by atoms with E-state index in [-0.39, 0.29) is 5.75 Å². The van der Waals surface area contributed by atoms with Crippen LogP contribution in [-0.2, 0) is 7.05 Å². The number of anilines is 2. The van der Waals surface area contributed by atoms with E-state index in [1.54, 1.807) is 12.3 Å². The van der Waals surface area contributed by atoms with Gasteiger partial charge in [-0.2, -0.15) is 0 Å². The number of hydrogen-bond donors (Lipinski definition) is 1. The molecule has 0 spiro atoms. The molecule has 0 saturated carbocycles. The van der Waals surface area contributed by atoms with Crippen LogP contribution >= 0.6 is 0 Å². The molecule has 0 amide bonds. The summed E-state index contributed by atoms with van der Waals surface area (Å²) < 4.78 is 28.8. The van der Waals surface area contributed by atoms with Gasteiger partial charge in [-0.1, -0.05) is 12.1 Å². The Morgan fingerprint density at radius 2 is 1.79 bits per heavy atom. The molecule has 0 fully saturated rings. The van der Waals surface area contributed by atoms with Gasteiger partial charge in [-0.25, -0.2) is 19.2 Å². The zero-order valence-corrected chi connectivity index (χ0v) is 16.3. The van der Waals surface area contributed by atoms with Crippen LogP contribution in [0.25, 0.3) is 22.2 Å². The van der Waals surface area contributed by atoms with Crippen molar-refractivity contribution in [1.82, 2.24) is 9.55 Å². The van der Waals surface area contributed by atoms with Crippen molar-refractivity contribution in [3.63, 3.8) is 0 Å². The summed E-state index contributed by atoms with van der Waals surface area (Å²) in [5, 5.41) is 0.850. The van der Waals surface area contributed by atoms with Crippen LogP contribution in [0.4, 0.5) is 20.2 Å². The molecular formula is C22H20F2N4O. The molecule has 4 rings (SSSR count). The van der Waals surface area contributed by atoms with Crippen LogP contribution in [0.15, 0.2) is 60.9 Å². The summed E-state index contributed by atoms with van der Waals surface area (Å²) in [6, 6.07) is 12.9. The number of aromatic nitrogens is 2. The number of nitrogens with zero attached hydrogens (tertiary/aromatic N) is 3. The third-order valence-electron chi connectivity index (χ3n) is 4.65. The molecule has 0 atom stereocenters. The molecule has 0 bridgehead atoms. The van der Waals surface area contributed by atoms with Crippen molar-refractivity contribution in [2.24, 2.45) is 7.05 Å². The lowest BCUT2D eigenvalue weighted by Crippen LogP contribution is -2.08. The smallest absolute Gasteiger partial charge is 0.160 e. The molecule has 0 radical (unpaired) electrons. The molecule has 2 aromatic heterocycles. The molecule has 0 aliphatic rings. The van der Waals surface area contributed by atoms with Crippen LogP contribution in [0.2, 0.25) is 0 Å². The molecule has 0 unspecified atom stereocenters. The Morgan fingerprint density at radius 3 is 2.52 bits per heavy atom. The predicted octanol–water partition coefficient (Wildman–Crippen LogP) is 4.99. The van der Waals surface area contributed by atoms with Gasteiger partial charge in [0.25, 0.3) is 0 Å². The van der Waals surface area contributed by atoms with E-state index in [1.807, 2.05) is 55.0 Å². The average Bonchev–Trinajstić information content (AvgIpc) is 3.03. The lowest BCUT2D eigenvalue weighted by Gasteiger charge is -2.14. The van der Waals surface area contributed by atoms with E-state index < -0.39 is 11.6 Å². The van der Waals surface area contributed by atoms with Crippen molar-refractivity contribution in [3.05, 3.63) is 72.6 Å². The van der Waals surface area contributed by atoms with Crippen LogP contribution in [0.3, 0.4) is 0 Å². The predicted molar refractivity (Wildman–Crippen MR) is 111 cm³/mol. The second-order valence-corrected chi connectivity index (χ2v) is 6.96. The van der Waals surface area contributed by atoms with Crippen molar-refractivity contribution >= 4 is 22.4 Å². The molecule has 5 nitrogen and oxygen atoms in total. The molecule has 7 heteroatoms. The van der Waals surface area contributed by atoms with E-state index in [0.717, 1.165) is 46.0 Å². The van der Waals surface area contributed by atoms with Gasteiger partial charge < -0.3 is 14.3 Å². The second kappa shape index (κ2) is 7.43. The van der Waals surface area contributed by atoms with Gasteiger partial charge >= 0.3 is 0 Å². The highest BCUT2D eigenvalue weighted by Crippen LogP contribution is 2.35. The molecule has 2 aromatic carbocycles. The Labute approximate surface area is 167 Å². The van der Waals surface area contributed by atoms with Gasteiger partial charge in [-0.3, -0.25) is 0 Å². The van der Waals surface area contributed by atoms with Crippen molar-refractivity contribution < 1.29 is 13.6 Å². The first kappa shape index (κ1) is 18.7. The lowest BCUT2D eigenvalue weighted by molar-refractivity contribution is 0.398. The SMILES string of the molecule is CN(C)c1cccc(-c2cn(C)c3nccc(NOc4cc(F)cc(F)c4)c23)c1. The van der Waals surface area contributed by atoms with E-state index >= 15 is 0 Å². The maximum absolute atomic E-state index is 13.4. The monoisotopic (exact) mass is 394 g/mol.